The standard InChI is InChI=1S/C3H5.Ti/c1-3-2;/h3H,1-2H2;/q-1;+2. The Kier molecular flexibility index (Phi) is 22.6. The molecule has 0 rings (SSSR count). The Morgan fingerprint density at radius 3 is 1.75 bits per heavy atom. The average molecular weight is 88.9 g/mol. The van der Waals surface area contributed by atoms with Gasteiger partial charge in [0.05, 0.1) is 0 Å². The molecule has 0 aliphatic heterocycles. The van der Waals surface area contributed by atoms with Crippen molar-refractivity contribution in [3.05, 3.63) is 19.6 Å². The zero-order chi connectivity index (χ0) is 2.71. The summed E-state index contributed by atoms with van der Waals surface area (Å²) in [6.07, 6.45) is 1.50. The Hall–Kier alpha value is 0.324. The number of hydrogen-bond acceptors (Lipinski definition) is 0. The first-order valence-electron chi connectivity index (χ1n) is 0.816. The molecule has 0 aliphatic carbocycles. The maximum atomic E-state index is 3.25. The monoisotopic (exact) mass is 89.0 g/mol. The molecule has 0 fully saturated rings. The first-order chi connectivity index (χ1) is 1.41. The van der Waals surface area contributed by atoms with Crippen LogP contribution in [0, 0.1) is 6.92 Å². The van der Waals surface area contributed by atoms with Crippen molar-refractivity contribution in [3.8, 4) is 0 Å². The average Bonchev–Trinajstić information content (AvgIpc) is 0.918. The predicted octanol–water partition coefficient (Wildman–Crippen LogP) is 1.00. The Balaban J connectivity index is 0. The van der Waals surface area contributed by atoms with E-state index in [4.69, 9.17) is 0 Å². The quantitative estimate of drug-likeness (QED) is 0.307. The second kappa shape index (κ2) is 10.2. The van der Waals surface area contributed by atoms with Crippen molar-refractivity contribution in [2.75, 3.05) is 0 Å². The van der Waals surface area contributed by atoms with E-state index in [1.807, 2.05) is 0 Å². The van der Waals surface area contributed by atoms with E-state index in [1.54, 1.807) is 0 Å². The Morgan fingerprint density at radius 1 is 1.75 bits per heavy atom. The summed E-state index contributed by atoms with van der Waals surface area (Å²) in [4.78, 5) is 0. The van der Waals surface area contributed by atoms with Crippen LogP contribution in [0.4, 0.5) is 0 Å². The summed E-state index contributed by atoms with van der Waals surface area (Å²) in [6, 6.07) is 0. The van der Waals surface area contributed by atoms with Gasteiger partial charge in [-0.15, -0.1) is 0 Å². The second-order valence-corrected chi connectivity index (χ2v) is 0.289. The van der Waals surface area contributed by atoms with Gasteiger partial charge in [0, 0.05) is 0 Å². The van der Waals surface area contributed by atoms with Gasteiger partial charge in [-0.05, 0) is 0 Å². The van der Waals surface area contributed by atoms with E-state index in [1.165, 1.54) is 6.08 Å². The fourth-order valence-corrected chi connectivity index (χ4v) is 0. The minimum Gasteiger partial charge on any atom is -0.245 e. The maximum absolute atomic E-state index is 3.25. The summed E-state index contributed by atoms with van der Waals surface area (Å²) >= 11 is 0. The van der Waals surface area contributed by atoms with E-state index < -0.39 is 0 Å². The number of allylic oxidation sites excluding steroid dienone is 1. The molecule has 0 N–H and O–H groups in total. The van der Waals surface area contributed by atoms with Crippen LogP contribution in [0.2, 0.25) is 0 Å². The van der Waals surface area contributed by atoms with Crippen LogP contribution in [0.1, 0.15) is 0 Å². The molecule has 0 atom stereocenters. The van der Waals surface area contributed by atoms with Gasteiger partial charge in [-0.3, -0.25) is 0 Å². The molecule has 0 aromatic rings. The molecule has 0 saturated carbocycles. The van der Waals surface area contributed by atoms with Crippen molar-refractivity contribution >= 4 is 0 Å². The van der Waals surface area contributed by atoms with E-state index in [0.717, 1.165) is 0 Å². The van der Waals surface area contributed by atoms with Crippen LogP contribution in [0.15, 0.2) is 12.7 Å². The summed E-state index contributed by atoms with van der Waals surface area (Å²) < 4.78 is 0. The number of rotatable bonds is 0. The normalized spacial score (nSPS) is 3.00. The SMILES string of the molecule is C=C[CH2-].[Ti+2]. The molecule has 0 nitrogen and oxygen atoms in total. The smallest absolute Gasteiger partial charge is 0.245 e. The molecule has 0 saturated heterocycles. The summed E-state index contributed by atoms with van der Waals surface area (Å²) in [5.74, 6) is 0. The molecule has 0 amide bonds. The van der Waals surface area contributed by atoms with Crippen molar-refractivity contribution in [3.63, 3.8) is 0 Å². The van der Waals surface area contributed by atoms with Crippen LogP contribution >= 0.6 is 0 Å². The molecule has 0 aliphatic rings. The van der Waals surface area contributed by atoms with Crippen LogP contribution in [0.3, 0.4) is 0 Å². The first kappa shape index (κ1) is 8.85. The Labute approximate surface area is 41.8 Å². The van der Waals surface area contributed by atoms with Crippen LogP contribution in [-0.4, -0.2) is 0 Å². The predicted molar refractivity (Wildman–Crippen MR) is 15.6 cm³/mol. The zero-order valence-electron chi connectivity index (χ0n) is 2.49. The maximum Gasteiger partial charge on any atom is 2.00 e. The molecule has 0 unspecified atom stereocenters. The zero-order valence-corrected chi connectivity index (χ0v) is 4.05. The van der Waals surface area contributed by atoms with E-state index >= 15 is 0 Å². The van der Waals surface area contributed by atoms with Gasteiger partial charge in [-0.1, -0.05) is 0 Å². The molecule has 0 aromatic carbocycles. The molecule has 0 radical (unpaired) electrons. The van der Waals surface area contributed by atoms with Crippen LogP contribution in [-0.2, 0) is 21.7 Å². The third kappa shape index (κ3) is 38.8. The van der Waals surface area contributed by atoms with Crippen molar-refractivity contribution in [1.29, 1.82) is 0 Å². The van der Waals surface area contributed by atoms with Gasteiger partial charge in [0.2, 0.25) is 0 Å². The first-order valence-corrected chi connectivity index (χ1v) is 0.816. The molecule has 0 heterocycles. The fourth-order valence-electron chi connectivity index (χ4n) is 0. The summed E-state index contributed by atoms with van der Waals surface area (Å²) in [5, 5.41) is 0. The van der Waals surface area contributed by atoms with Gasteiger partial charge in [0.15, 0.2) is 0 Å². The Morgan fingerprint density at radius 2 is 1.75 bits per heavy atom. The summed E-state index contributed by atoms with van der Waals surface area (Å²) in [5.41, 5.74) is 0. The third-order valence-corrected chi connectivity index (χ3v) is 0. The summed E-state index contributed by atoms with van der Waals surface area (Å²) in [6.45, 7) is 6.50. The van der Waals surface area contributed by atoms with Gasteiger partial charge < -0.3 is 0 Å². The Bertz CT molecular complexity index is 10.8. The fraction of sp³-hybridized carbons (Fsp3) is 0. The second-order valence-electron chi connectivity index (χ2n) is 0.289. The molecular formula is C3H5Ti+. The minimum atomic E-state index is 0. The summed E-state index contributed by atoms with van der Waals surface area (Å²) in [7, 11) is 0. The molecule has 0 spiro atoms. The van der Waals surface area contributed by atoms with E-state index in [9.17, 15) is 0 Å². The molecule has 1 heteroatoms. The van der Waals surface area contributed by atoms with Crippen molar-refractivity contribution in [1.82, 2.24) is 0 Å². The molecule has 20 valence electrons. The van der Waals surface area contributed by atoms with Crippen molar-refractivity contribution in [2.24, 2.45) is 0 Å². The molecule has 4 heavy (non-hydrogen) atoms. The van der Waals surface area contributed by atoms with Gasteiger partial charge in [-0.2, -0.15) is 0 Å². The largest absolute Gasteiger partial charge is 2.00 e. The molecule has 0 aromatic heterocycles. The van der Waals surface area contributed by atoms with Crippen LogP contribution in [0.25, 0.3) is 0 Å². The topological polar surface area (TPSA) is 0 Å². The molecular weight excluding hydrogens is 83.9 g/mol. The van der Waals surface area contributed by atoms with Crippen LogP contribution < -0.4 is 0 Å². The van der Waals surface area contributed by atoms with Gasteiger partial charge >= 0.3 is 21.7 Å². The van der Waals surface area contributed by atoms with E-state index in [2.05, 4.69) is 13.5 Å². The van der Waals surface area contributed by atoms with Gasteiger partial charge in [0.1, 0.15) is 0 Å². The van der Waals surface area contributed by atoms with Crippen molar-refractivity contribution in [2.45, 2.75) is 0 Å². The number of hydrogen-bond donors (Lipinski definition) is 0. The minimum absolute atomic E-state index is 0. The van der Waals surface area contributed by atoms with Gasteiger partial charge in [-0.25, -0.2) is 19.6 Å². The van der Waals surface area contributed by atoms with E-state index in [-0.39, 0.29) is 21.7 Å². The van der Waals surface area contributed by atoms with Gasteiger partial charge in [0.25, 0.3) is 0 Å². The third-order valence-electron chi connectivity index (χ3n) is 0. The van der Waals surface area contributed by atoms with Crippen LogP contribution in [0.5, 0.6) is 0 Å². The molecule has 0 bridgehead atoms. The van der Waals surface area contributed by atoms with E-state index in [0.29, 0.717) is 0 Å². The van der Waals surface area contributed by atoms with Crippen molar-refractivity contribution < 1.29 is 21.7 Å².